The monoisotopic (exact) mass is 380 g/mol. The van der Waals surface area contributed by atoms with Crippen molar-refractivity contribution in [3.8, 4) is 17.2 Å². The van der Waals surface area contributed by atoms with E-state index in [9.17, 15) is 4.79 Å². The van der Waals surface area contributed by atoms with E-state index in [4.69, 9.17) is 18.6 Å². The van der Waals surface area contributed by atoms with Gasteiger partial charge in [-0.25, -0.2) is 4.98 Å². The summed E-state index contributed by atoms with van der Waals surface area (Å²) in [5, 5.41) is 2.86. The Hall–Kier alpha value is -3.48. The fourth-order valence-corrected chi connectivity index (χ4v) is 2.89. The number of carbonyl (C=O) groups is 1. The minimum absolute atomic E-state index is 0.107. The number of nitrogens with zero attached hydrogens (tertiary/aromatic N) is 1. The molecular weight excluding hydrogens is 360 g/mol. The van der Waals surface area contributed by atoms with Gasteiger partial charge in [0, 0.05) is 12.6 Å². The van der Waals surface area contributed by atoms with Gasteiger partial charge in [-0.2, -0.15) is 0 Å². The van der Waals surface area contributed by atoms with Gasteiger partial charge >= 0.3 is 0 Å². The molecule has 1 aliphatic heterocycles. The van der Waals surface area contributed by atoms with Crippen LogP contribution in [-0.4, -0.2) is 24.2 Å². The van der Waals surface area contributed by atoms with Crippen molar-refractivity contribution in [3.05, 3.63) is 71.4 Å². The molecule has 1 N–H and O–H groups in total. The molecule has 0 radical (unpaired) electrons. The Morgan fingerprint density at radius 2 is 2.04 bits per heavy atom. The van der Waals surface area contributed by atoms with E-state index in [1.165, 1.54) is 17.4 Å². The number of benzene rings is 2. The molecule has 1 amide bonds. The number of fused-ring (bicyclic) bond motifs is 1. The molecule has 0 saturated heterocycles. The van der Waals surface area contributed by atoms with Crippen LogP contribution in [0.15, 0.2) is 53.1 Å². The lowest BCUT2D eigenvalue weighted by Gasteiger charge is -2.06. The fourth-order valence-electron chi connectivity index (χ4n) is 2.89. The number of hydrogen-bond acceptors (Lipinski definition) is 6. The van der Waals surface area contributed by atoms with Crippen molar-refractivity contribution in [1.82, 2.24) is 10.3 Å². The molecule has 4 rings (SSSR count). The lowest BCUT2D eigenvalue weighted by Crippen LogP contribution is -2.26. The van der Waals surface area contributed by atoms with Crippen molar-refractivity contribution in [2.75, 3.05) is 13.3 Å². The van der Waals surface area contributed by atoms with Crippen LogP contribution in [0.4, 0.5) is 0 Å². The van der Waals surface area contributed by atoms with E-state index in [0.717, 1.165) is 6.42 Å². The molecule has 0 unspecified atom stereocenters. The number of rotatable bonds is 7. The number of oxazole rings is 1. The van der Waals surface area contributed by atoms with Gasteiger partial charge in [-0.1, -0.05) is 24.3 Å². The van der Waals surface area contributed by atoms with Crippen molar-refractivity contribution in [3.63, 3.8) is 0 Å². The van der Waals surface area contributed by atoms with E-state index in [0.29, 0.717) is 29.7 Å². The highest BCUT2D eigenvalue weighted by Gasteiger charge is 2.15. The summed E-state index contributed by atoms with van der Waals surface area (Å²) in [5.74, 6) is 1.98. The van der Waals surface area contributed by atoms with Gasteiger partial charge in [-0.3, -0.25) is 4.79 Å². The first-order valence-corrected chi connectivity index (χ1v) is 8.98. The second kappa shape index (κ2) is 8.04. The first-order valence-electron chi connectivity index (χ1n) is 8.98. The third kappa shape index (κ3) is 4.09. The van der Waals surface area contributed by atoms with Gasteiger partial charge < -0.3 is 23.9 Å². The van der Waals surface area contributed by atoms with Crippen LogP contribution in [0.2, 0.25) is 0 Å². The largest absolute Gasteiger partial charge is 0.484 e. The number of nitrogens with one attached hydrogen (secondary N) is 1. The summed E-state index contributed by atoms with van der Waals surface area (Å²) >= 11 is 0. The number of ether oxygens (including phenoxy) is 3. The zero-order chi connectivity index (χ0) is 19.3. The molecule has 7 nitrogen and oxygen atoms in total. The third-order valence-corrected chi connectivity index (χ3v) is 4.43. The maximum Gasteiger partial charge on any atom is 0.273 e. The number of aryl methyl sites for hydroxylation is 1. The highest BCUT2D eigenvalue weighted by Crippen LogP contribution is 2.35. The van der Waals surface area contributed by atoms with Crippen LogP contribution in [0.5, 0.6) is 17.2 Å². The van der Waals surface area contributed by atoms with E-state index < -0.39 is 0 Å². The molecule has 0 aliphatic carbocycles. The van der Waals surface area contributed by atoms with Gasteiger partial charge in [-0.05, 0) is 36.6 Å². The summed E-state index contributed by atoms with van der Waals surface area (Å²) in [7, 11) is 0. The number of hydrogen-bond donors (Lipinski definition) is 1. The van der Waals surface area contributed by atoms with Crippen LogP contribution < -0.4 is 19.5 Å². The maximum atomic E-state index is 12.2. The van der Waals surface area contributed by atoms with Crippen LogP contribution in [0, 0.1) is 6.92 Å². The molecule has 0 atom stereocenters. The highest BCUT2D eigenvalue weighted by atomic mass is 16.7. The molecule has 2 aromatic carbocycles. The van der Waals surface area contributed by atoms with Gasteiger partial charge in [0.15, 0.2) is 23.8 Å². The Morgan fingerprint density at radius 1 is 1.18 bits per heavy atom. The summed E-state index contributed by atoms with van der Waals surface area (Å²) in [6, 6.07) is 13.4. The predicted molar refractivity (Wildman–Crippen MR) is 101 cm³/mol. The lowest BCUT2D eigenvalue weighted by molar-refractivity contribution is 0.0949. The van der Waals surface area contributed by atoms with E-state index in [1.807, 2.05) is 12.1 Å². The summed E-state index contributed by atoms with van der Waals surface area (Å²) in [5.41, 5.74) is 2.65. The van der Waals surface area contributed by atoms with E-state index in [2.05, 4.69) is 29.4 Å². The second-order valence-corrected chi connectivity index (χ2v) is 6.36. The molecule has 0 saturated carbocycles. The maximum absolute atomic E-state index is 12.2. The van der Waals surface area contributed by atoms with Crippen LogP contribution in [0.25, 0.3) is 0 Å². The molecular formula is C21H20N2O5. The van der Waals surface area contributed by atoms with Gasteiger partial charge in [0.1, 0.15) is 12.0 Å². The molecule has 2 heterocycles. The topological polar surface area (TPSA) is 82.8 Å². The zero-order valence-electron chi connectivity index (χ0n) is 15.4. The molecule has 0 fully saturated rings. The minimum Gasteiger partial charge on any atom is -0.484 e. The third-order valence-electron chi connectivity index (χ3n) is 4.43. The van der Waals surface area contributed by atoms with Crippen molar-refractivity contribution in [2.24, 2.45) is 0 Å². The number of amides is 1. The Morgan fingerprint density at radius 3 is 2.93 bits per heavy atom. The van der Waals surface area contributed by atoms with Crippen LogP contribution in [0.1, 0.15) is 27.5 Å². The quantitative estimate of drug-likeness (QED) is 0.677. The van der Waals surface area contributed by atoms with Crippen LogP contribution in [0.3, 0.4) is 0 Å². The first-order chi connectivity index (χ1) is 13.7. The Kier molecular flexibility index (Phi) is 5.14. The average molecular weight is 380 g/mol. The molecule has 1 aromatic heterocycles. The standard InChI is InChI=1S/C21H20N2O5/c1-14-4-2-3-5-15(14)8-9-22-21(24)17-11-26-20(23-17)12-25-16-6-7-18-19(10-16)28-13-27-18/h2-7,10-11H,8-9,12-13H2,1H3,(H,22,24). The number of carbonyl (C=O) groups excluding carboxylic acids is 1. The average Bonchev–Trinajstić information content (AvgIpc) is 3.36. The van der Waals surface area contributed by atoms with Gasteiger partial charge in [-0.15, -0.1) is 0 Å². The fraction of sp³-hybridized carbons (Fsp3) is 0.238. The second-order valence-electron chi connectivity index (χ2n) is 6.36. The van der Waals surface area contributed by atoms with E-state index >= 15 is 0 Å². The first kappa shape index (κ1) is 17.9. The lowest BCUT2D eigenvalue weighted by atomic mass is 10.1. The molecule has 7 heteroatoms. The van der Waals surface area contributed by atoms with Crippen molar-refractivity contribution in [1.29, 1.82) is 0 Å². The summed E-state index contributed by atoms with van der Waals surface area (Å²) < 4.78 is 21.5. The van der Waals surface area contributed by atoms with Crippen molar-refractivity contribution in [2.45, 2.75) is 20.0 Å². The molecule has 1 aliphatic rings. The predicted octanol–water partition coefficient (Wildman–Crippen LogP) is 3.26. The highest BCUT2D eigenvalue weighted by molar-refractivity contribution is 5.91. The van der Waals surface area contributed by atoms with Gasteiger partial charge in [0.25, 0.3) is 5.91 Å². The summed E-state index contributed by atoms with van der Waals surface area (Å²) in [6.07, 6.45) is 2.10. The van der Waals surface area contributed by atoms with Crippen molar-refractivity contribution >= 4 is 5.91 Å². The SMILES string of the molecule is Cc1ccccc1CCNC(=O)c1coc(COc2ccc3c(c2)OCO3)n1. The molecule has 3 aromatic rings. The summed E-state index contributed by atoms with van der Waals surface area (Å²) in [4.78, 5) is 16.4. The normalized spacial score (nSPS) is 12.0. The number of aromatic nitrogens is 1. The Bertz CT molecular complexity index is 982. The smallest absolute Gasteiger partial charge is 0.273 e. The van der Waals surface area contributed by atoms with Gasteiger partial charge in [0.2, 0.25) is 12.7 Å². The van der Waals surface area contributed by atoms with Crippen LogP contribution in [-0.2, 0) is 13.0 Å². The zero-order valence-corrected chi connectivity index (χ0v) is 15.4. The van der Waals surface area contributed by atoms with Crippen LogP contribution >= 0.6 is 0 Å². The van der Waals surface area contributed by atoms with E-state index in [-0.39, 0.29) is 25.0 Å². The molecule has 144 valence electrons. The Balaban J connectivity index is 1.27. The van der Waals surface area contributed by atoms with Gasteiger partial charge in [0.05, 0.1) is 0 Å². The molecule has 0 spiro atoms. The molecule has 0 bridgehead atoms. The minimum atomic E-state index is -0.272. The Labute approximate surface area is 162 Å². The summed E-state index contributed by atoms with van der Waals surface area (Å²) in [6.45, 7) is 2.90. The van der Waals surface area contributed by atoms with Crippen molar-refractivity contribution < 1.29 is 23.4 Å². The molecule has 28 heavy (non-hydrogen) atoms. The van der Waals surface area contributed by atoms with E-state index in [1.54, 1.807) is 18.2 Å².